The summed E-state index contributed by atoms with van der Waals surface area (Å²) in [5.74, 6) is -0.592. The van der Waals surface area contributed by atoms with Gasteiger partial charge in [0.1, 0.15) is 17.1 Å². The van der Waals surface area contributed by atoms with Gasteiger partial charge in [-0.05, 0) is 30.3 Å². The molecule has 2 heterocycles. The fraction of sp³-hybridized carbons (Fsp3) is 0.350. The molecular formula is C20H23N3O6. The highest BCUT2D eigenvalue weighted by Crippen LogP contribution is 2.22. The smallest absolute Gasteiger partial charge is 0.339 e. The maximum absolute atomic E-state index is 12.4. The molecule has 1 saturated heterocycles. The van der Waals surface area contributed by atoms with E-state index in [0.717, 1.165) is 0 Å². The Morgan fingerprint density at radius 3 is 2.69 bits per heavy atom. The Labute approximate surface area is 168 Å². The van der Waals surface area contributed by atoms with Gasteiger partial charge in [0.15, 0.2) is 0 Å². The van der Waals surface area contributed by atoms with Crippen LogP contribution in [0, 0.1) is 0 Å². The van der Waals surface area contributed by atoms with Gasteiger partial charge >= 0.3 is 5.97 Å². The Morgan fingerprint density at radius 2 is 2.07 bits per heavy atom. The summed E-state index contributed by atoms with van der Waals surface area (Å²) in [6.45, 7) is 1.95. The predicted molar refractivity (Wildman–Crippen MR) is 106 cm³/mol. The van der Waals surface area contributed by atoms with E-state index in [0.29, 0.717) is 37.7 Å². The van der Waals surface area contributed by atoms with Crippen LogP contribution in [-0.2, 0) is 9.47 Å². The first-order valence-electron chi connectivity index (χ1n) is 9.07. The molecule has 2 N–H and O–H groups in total. The predicted octanol–water partition coefficient (Wildman–Crippen LogP) is 1.89. The average molecular weight is 401 g/mol. The monoisotopic (exact) mass is 401 g/mol. The number of nitrogens with one attached hydrogen (secondary N) is 1. The molecular weight excluding hydrogens is 378 g/mol. The molecule has 0 unspecified atom stereocenters. The maximum Gasteiger partial charge on any atom is 0.339 e. The number of anilines is 2. The third kappa shape index (κ3) is 5.21. The SMILES string of the molecule is COc1ccc(C(=O)Nc2cnc(N(C)C[C@@H]3COCCO3)c(C(=O)O)c2)cc1. The number of nitrogens with zero attached hydrogens (tertiary/aromatic N) is 2. The second-order valence-corrected chi connectivity index (χ2v) is 6.53. The number of ether oxygens (including phenoxy) is 3. The lowest BCUT2D eigenvalue weighted by molar-refractivity contribution is -0.0837. The van der Waals surface area contributed by atoms with Crippen LogP contribution >= 0.6 is 0 Å². The molecule has 1 atom stereocenters. The number of carbonyl (C=O) groups is 2. The van der Waals surface area contributed by atoms with E-state index in [1.807, 2.05) is 0 Å². The molecule has 0 saturated carbocycles. The first kappa shape index (κ1) is 20.6. The lowest BCUT2D eigenvalue weighted by atomic mass is 10.2. The molecule has 9 nitrogen and oxygen atoms in total. The Bertz CT molecular complexity index is 865. The Morgan fingerprint density at radius 1 is 1.31 bits per heavy atom. The van der Waals surface area contributed by atoms with Crippen molar-refractivity contribution >= 4 is 23.4 Å². The summed E-state index contributed by atoms with van der Waals surface area (Å²) in [5, 5.41) is 12.3. The summed E-state index contributed by atoms with van der Waals surface area (Å²) in [6, 6.07) is 7.97. The second-order valence-electron chi connectivity index (χ2n) is 6.53. The van der Waals surface area contributed by atoms with Gasteiger partial charge in [-0.25, -0.2) is 9.78 Å². The van der Waals surface area contributed by atoms with Gasteiger partial charge in [0.05, 0.1) is 44.9 Å². The van der Waals surface area contributed by atoms with Gasteiger partial charge in [-0.2, -0.15) is 0 Å². The minimum atomic E-state index is -1.14. The van der Waals surface area contributed by atoms with Crippen molar-refractivity contribution in [3.05, 3.63) is 47.7 Å². The molecule has 3 rings (SSSR count). The number of methoxy groups -OCH3 is 1. The summed E-state index contributed by atoms with van der Waals surface area (Å²) in [5.41, 5.74) is 0.688. The number of pyridine rings is 1. The third-order valence-electron chi connectivity index (χ3n) is 4.43. The Balaban J connectivity index is 1.74. The highest BCUT2D eigenvalue weighted by Gasteiger charge is 2.22. The molecule has 1 amide bonds. The van der Waals surface area contributed by atoms with Crippen LogP contribution in [-0.4, -0.2) is 68.6 Å². The summed E-state index contributed by atoms with van der Waals surface area (Å²) in [7, 11) is 3.28. The highest BCUT2D eigenvalue weighted by atomic mass is 16.6. The molecule has 2 aromatic rings. The number of rotatable bonds is 7. The number of amides is 1. The number of carboxylic acid groups (broad SMARTS) is 1. The van der Waals surface area contributed by atoms with Gasteiger partial charge < -0.3 is 29.5 Å². The molecule has 29 heavy (non-hydrogen) atoms. The number of hydrogen-bond acceptors (Lipinski definition) is 7. The van der Waals surface area contributed by atoms with Crippen molar-refractivity contribution in [2.24, 2.45) is 0 Å². The van der Waals surface area contributed by atoms with E-state index in [1.165, 1.54) is 12.3 Å². The van der Waals surface area contributed by atoms with Crippen molar-refractivity contribution in [2.45, 2.75) is 6.10 Å². The number of benzene rings is 1. The molecule has 154 valence electrons. The summed E-state index contributed by atoms with van der Waals surface area (Å²) >= 11 is 0. The van der Waals surface area contributed by atoms with Crippen LogP contribution in [0.4, 0.5) is 11.5 Å². The van der Waals surface area contributed by atoms with E-state index in [2.05, 4.69) is 10.3 Å². The van der Waals surface area contributed by atoms with E-state index < -0.39 is 5.97 Å². The van der Waals surface area contributed by atoms with E-state index in [-0.39, 0.29) is 29.1 Å². The van der Waals surface area contributed by atoms with Gasteiger partial charge in [0.25, 0.3) is 5.91 Å². The number of carboxylic acids is 1. The van der Waals surface area contributed by atoms with Crippen molar-refractivity contribution in [3.8, 4) is 5.75 Å². The first-order chi connectivity index (χ1) is 14.0. The van der Waals surface area contributed by atoms with Crippen molar-refractivity contribution in [1.29, 1.82) is 0 Å². The van der Waals surface area contributed by atoms with Gasteiger partial charge in [-0.15, -0.1) is 0 Å². The topological polar surface area (TPSA) is 110 Å². The lowest BCUT2D eigenvalue weighted by Crippen LogP contribution is -2.39. The lowest BCUT2D eigenvalue weighted by Gasteiger charge is -2.28. The van der Waals surface area contributed by atoms with E-state index >= 15 is 0 Å². The molecule has 1 aliphatic heterocycles. The third-order valence-corrected chi connectivity index (χ3v) is 4.43. The first-order valence-corrected chi connectivity index (χ1v) is 9.07. The Hall–Kier alpha value is -3.17. The summed E-state index contributed by atoms with van der Waals surface area (Å²) in [6.07, 6.45) is 1.27. The van der Waals surface area contributed by atoms with Crippen molar-refractivity contribution in [2.75, 3.05) is 50.7 Å². The average Bonchev–Trinajstić information content (AvgIpc) is 2.74. The molecule has 9 heteroatoms. The number of likely N-dealkylation sites (N-methyl/N-ethyl adjacent to an activating group) is 1. The quantitative estimate of drug-likeness (QED) is 0.724. The zero-order chi connectivity index (χ0) is 20.8. The second kappa shape index (κ2) is 9.35. The van der Waals surface area contributed by atoms with Crippen LogP contribution in [0.2, 0.25) is 0 Å². The molecule has 1 fully saturated rings. The number of aromatic carboxylic acids is 1. The molecule has 0 bridgehead atoms. The van der Waals surface area contributed by atoms with Crippen molar-refractivity contribution in [1.82, 2.24) is 4.98 Å². The van der Waals surface area contributed by atoms with Crippen molar-refractivity contribution in [3.63, 3.8) is 0 Å². The van der Waals surface area contributed by atoms with Crippen LogP contribution in [0.25, 0.3) is 0 Å². The standard InChI is InChI=1S/C20H23N3O6/c1-23(11-16-12-28-7-8-29-16)18-17(20(25)26)9-14(10-21-18)22-19(24)13-3-5-15(27-2)6-4-13/h3-6,9-10,16H,7-8,11-12H2,1-2H3,(H,22,24)(H,25,26)/t16-/m1/s1. The Kier molecular flexibility index (Phi) is 6.63. The zero-order valence-electron chi connectivity index (χ0n) is 16.3. The highest BCUT2D eigenvalue weighted by molar-refractivity contribution is 6.05. The van der Waals surface area contributed by atoms with Gasteiger partial charge in [0.2, 0.25) is 0 Å². The molecule has 1 aromatic carbocycles. The normalized spacial score (nSPS) is 16.1. The summed E-state index contributed by atoms with van der Waals surface area (Å²) in [4.78, 5) is 30.1. The fourth-order valence-electron chi connectivity index (χ4n) is 2.97. The van der Waals surface area contributed by atoms with Gasteiger partial charge in [0, 0.05) is 19.2 Å². The number of carbonyl (C=O) groups excluding carboxylic acids is 1. The van der Waals surface area contributed by atoms with Crippen LogP contribution in [0.1, 0.15) is 20.7 Å². The minimum absolute atomic E-state index is 0.0169. The van der Waals surface area contributed by atoms with Crippen LogP contribution in [0.5, 0.6) is 5.75 Å². The van der Waals surface area contributed by atoms with E-state index in [4.69, 9.17) is 14.2 Å². The minimum Gasteiger partial charge on any atom is -0.497 e. The van der Waals surface area contributed by atoms with Gasteiger partial charge in [-0.3, -0.25) is 4.79 Å². The molecule has 1 aromatic heterocycles. The number of aromatic nitrogens is 1. The van der Waals surface area contributed by atoms with Crippen LogP contribution in [0.15, 0.2) is 36.5 Å². The van der Waals surface area contributed by atoms with Gasteiger partial charge in [-0.1, -0.05) is 0 Å². The molecule has 1 aliphatic rings. The molecule has 0 spiro atoms. The molecule has 0 aliphatic carbocycles. The largest absolute Gasteiger partial charge is 0.497 e. The van der Waals surface area contributed by atoms with Crippen molar-refractivity contribution < 1.29 is 28.9 Å². The molecule has 0 radical (unpaired) electrons. The maximum atomic E-state index is 12.4. The van der Waals surface area contributed by atoms with Crippen LogP contribution in [0.3, 0.4) is 0 Å². The zero-order valence-corrected chi connectivity index (χ0v) is 16.3. The summed E-state index contributed by atoms with van der Waals surface area (Å²) < 4.78 is 16.0. The van der Waals surface area contributed by atoms with E-state index in [9.17, 15) is 14.7 Å². The van der Waals surface area contributed by atoms with E-state index in [1.54, 1.807) is 43.3 Å². The fourth-order valence-corrected chi connectivity index (χ4v) is 2.97. The number of hydrogen-bond donors (Lipinski definition) is 2. The van der Waals surface area contributed by atoms with Crippen LogP contribution < -0.4 is 15.0 Å².